The molecule has 0 saturated heterocycles. The first-order valence-corrected chi connectivity index (χ1v) is 6.09. The molecule has 7 heteroatoms. The second kappa shape index (κ2) is 5.26. The van der Waals surface area contributed by atoms with E-state index in [1.165, 1.54) is 0 Å². The molecule has 0 spiro atoms. The molecule has 1 aliphatic rings. The lowest BCUT2D eigenvalue weighted by Gasteiger charge is -2.22. The van der Waals surface area contributed by atoms with Gasteiger partial charge in [-0.05, 0) is 25.7 Å². The largest absolute Gasteiger partial charge is 0.389 e. The average Bonchev–Trinajstić information content (AvgIpc) is 2.75. The Labute approximate surface area is 103 Å². The zero-order valence-corrected chi connectivity index (χ0v) is 9.91. The van der Waals surface area contributed by atoms with E-state index in [2.05, 4.69) is 10.1 Å². The van der Waals surface area contributed by atoms with Crippen molar-refractivity contribution in [2.45, 2.75) is 56.7 Å². The van der Waals surface area contributed by atoms with Crippen LogP contribution < -0.4 is 5.73 Å². The summed E-state index contributed by atoms with van der Waals surface area (Å²) < 4.78 is 41.2. The number of hydrogen-bond donors (Lipinski definition) is 1. The van der Waals surface area contributed by atoms with Crippen LogP contribution in [0.3, 0.4) is 0 Å². The number of hydrogen-bond acceptors (Lipinski definition) is 4. The molecule has 0 aromatic carbocycles. The van der Waals surface area contributed by atoms with E-state index < -0.39 is 12.6 Å². The lowest BCUT2D eigenvalue weighted by atomic mass is 9.86. The molecule has 0 unspecified atom stereocenters. The number of aromatic nitrogens is 2. The highest BCUT2D eigenvalue weighted by Crippen LogP contribution is 2.31. The van der Waals surface area contributed by atoms with Crippen molar-refractivity contribution in [2.24, 2.45) is 5.73 Å². The Bertz CT molecular complexity index is 383. The van der Waals surface area contributed by atoms with Gasteiger partial charge in [0.2, 0.25) is 5.89 Å². The van der Waals surface area contributed by atoms with Gasteiger partial charge in [0, 0.05) is 18.4 Å². The molecule has 0 amide bonds. The lowest BCUT2D eigenvalue weighted by Crippen LogP contribution is -2.25. The first kappa shape index (κ1) is 13.3. The van der Waals surface area contributed by atoms with Gasteiger partial charge in [0.05, 0.1) is 6.42 Å². The number of rotatable bonds is 3. The monoisotopic (exact) mass is 263 g/mol. The Kier molecular flexibility index (Phi) is 3.89. The Hall–Kier alpha value is -1.11. The third kappa shape index (κ3) is 3.69. The van der Waals surface area contributed by atoms with Crippen LogP contribution in [0.1, 0.15) is 49.7 Å². The SMILES string of the molecule is NC1CCC(c2nc(CCC(F)(F)F)no2)CC1. The molecule has 1 aromatic rings. The summed E-state index contributed by atoms with van der Waals surface area (Å²) in [6.45, 7) is 0. The highest BCUT2D eigenvalue weighted by Gasteiger charge is 2.29. The average molecular weight is 263 g/mol. The molecule has 2 rings (SSSR count). The summed E-state index contributed by atoms with van der Waals surface area (Å²) in [6, 6.07) is 0.217. The van der Waals surface area contributed by atoms with E-state index in [9.17, 15) is 13.2 Å². The second-order valence-electron chi connectivity index (χ2n) is 4.78. The van der Waals surface area contributed by atoms with Crippen LogP contribution in [0.2, 0.25) is 0 Å². The van der Waals surface area contributed by atoms with E-state index >= 15 is 0 Å². The van der Waals surface area contributed by atoms with Crippen LogP contribution in [-0.2, 0) is 6.42 Å². The van der Waals surface area contributed by atoms with E-state index in [-0.39, 0.29) is 24.2 Å². The van der Waals surface area contributed by atoms with Gasteiger partial charge in [-0.1, -0.05) is 5.16 Å². The molecule has 0 aliphatic heterocycles. The van der Waals surface area contributed by atoms with Gasteiger partial charge in [-0.15, -0.1) is 0 Å². The van der Waals surface area contributed by atoms with Crippen molar-refractivity contribution in [1.82, 2.24) is 10.1 Å². The number of halogens is 3. The van der Waals surface area contributed by atoms with Gasteiger partial charge in [-0.3, -0.25) is 0 Å². The van der Waals surface area contributed by atoms with Crippen molar-refractivity contribution in [2.75, 3.05) is 0 Å². The molecule has 1 heterocycles. The van der Waals surface area contributed by atoms with Crippen LogP contribution in [0.5, 0.6) is 0 Å². The topological polar surface area (TPSA) is 64.9 Å². The fourth-order valence-corrected chi connectivity index (χ4v) is 2.15. The van der Waals surface area contributed by atoms with Crippen LogP contribution in [0.4, 0.5) is 13.2 Å². The number of aryl methyl sites for hydroxylation is 1. The molecule has 18 heavy (non-hydrogen) atoms. The summed E-state index contributed by atoms with van der Waals surface area (Å²) in [7, 11) is 0. The minimum Gasteiger partial charge on any atom is -0.339 e. The minimum absolute atomic E-state index is 0.136. The van der Waals surface area contributed by atoms with Crippen molar-refractivity contribution in [3.8, 4) is 0 Å². The van der Waals surface area contributed by atoms with Gasteiger partial charge in [0.25, 0.3) is 0 Å². The molecular formula is C11H16F3N3O. The van der Waals surface area contributed by atoms with E-state index in [0.717, 1.165) is 25.7 Å². The zero-order chi connectivity index (χ0) is 13.2. The highest BCUT2D eigenvalue weighted by atomic mass is 19.4. The molecular weight excluding hydrogens is 247 g/mol. The zero-order valence-electron chi connectivity index (χ0n) is 9.91. The summed E-state index contributed by atoms with van der Waals surface area (Å²) in [6.07, 6.45) is -1.81. The first-order valence-electron chi connectivity index (χ1n) is 6.09. The molecule has 102 valence electrons. The number of alkyl halides is 3. The highest BCUT2D eigenvalue weighted by molar-refractivity contribution is 4.97. The van der Waals surface area contributed by atoms with Crippen LogP contribution >= 0.6 is 0 Å². The number of nitrogens with zero attached hydrogens (tertiary/aromatic N) is 2. The van der Waals surface area contributed by atoms with Crippen molar-refractivity contribution in [3.05, 3.63) is 11.7 Å². The fraction of sp³-hybridized carbons (Fsp3) is 0.818. The Morgan fingerprint density at radius 3 is 2.50 bits per heavy atom. The number of nitrogens with two attached hydrogens (primary N) is 1. The fourth-order valence-electron chi connectivity index (χ4n) is 2.15. The Morgan fingerprint density at radius 1 is 1.22 bits per heavy atom. The molecule has 1 aromatic heterocycles. The smallest absolute Gasteiger partial charge is 0.339 e. The summed E-state index contributed by atoms with van der Waals surface area (Å²) >= 11 is 0. The summed E-state index contributed by atoms with van der Waals surface area (Å²) in [4.78, 5) is 4.04. The first-order chi connectivity index (χ1) is 8.44. The molecule has 1 saturated carbocycles. The van der Waals surface area contributed by atoms with Gasteiger partial charge in [-0.2, -0.15) is 18.2 Å². The van der Waals surface area contributed by atoms with Gasteiger partial charge in [0.1, 0.15) is 0 Å². The summed E-state index contributed by atoms with van der Waals surface area (Å²) in [5.41, 5.74) is 5.78. The van der Waals surface area contributed by atoms with Crippen molar-refractivity contribution in [3.63, 3.8) is 0 Å². The molecule has 0 atom stereocenters. The van der Waals surface area contributed by atoms with Crippen LogP contribution in [0.15, 0.2) is 4.52 Å². The minimum atomic E-state index is -4.18. The Balaban J connectivity index is 1.90. The van der Waals surface area contributed by atoms with Crippen LogP contribution in [-0.4, -0.2) is 22.4 Å². The van der Waals surface area contributed by atoms with Gasteiger partial charge < -0.3 is 10.3 Å². The normalized spacial score (nSPS) is 25.3. The maximum Gasteiger partial charge on any atom is 0.389 e. The molecule has 2 N–H and O–H groups in total. The third-order valence-electron chi connectivity index (χ3n) is 3.24. The molecule has 0 radical (unpaired) electrons. The standard InChI is InChI=1S/C11H16F3N3O/c12-11(13,14)6-5-9-16-10(18-17-9)7-1-3-8(15)4-2-7/h7-8H,1-6,15H2. The molecule has 1 aliphatic carbocycles. The predicted molar refractivity (Wildman–Crippen MR) is 57.9 cm³/mol. The molecule has 4 nitrogen and oxygen atoms in total. The maximum absolute atomic E-state index is 12.0. The quantitative estimate of drug-likeness (QED) is 0.910. The van der Waals surface area contributed by atoms with Crippen LogP contribution in [0.25, 0.3) is 0 Å². The van der Waals surface area contributed by atoms with E-state index in [0.29, 0.717) is 5.89 Å². The molecule has 0 bridgehead atoms. The van der Waals surface area contributed by atoms with Crippen LogP contribution in [0, 0.1) is 0 Å². The van der Waals surface area contributed by atoms with Gasteiger partial charge in [0.15, 0.2) is 5.82 Å². The van der Waals surface area contributed by atoms with Crippen molar-refractivity contribution >= 4 is 0 Å². The third-order valence-corrected chi connectivity index (χ3v) is 3.24. The summed E-state index contributed by atoms with van der Waals surface area (Å²) in [5, 5.41) is 3.60. The molecule has 1 fully saturated rings. The van der Waals surface area contributed by atoms with Crippen molar-refractivity contribution < 1.29 is 17.7 Å². The summed E-state index contributed by atoms with van der Waals surface area (Å²) in [5.74, 6) is 0.744. The lowest BCUT2D eigenvalue weighted by molar-refractivity contribution is -0.134. The Morgan fingerprint density at radius 2 is 1.89 bits per heavy atom. The van der Waals surface area contributed by atoms with Gasteiger partial charge >= 0.3 is 6.18 Å². The van der Waals surface area contributed by atoms with E-state index in [1.54, 1.807) is 0 Å². The second-order valence-corrected chi connectivity index (χ2v) is 4.78. The van der Waals surface area contributed by atoms with Crippen molar-refractivity contribution in [1.29, 1.82) is 0 Å². The van der Waals surface area contributed by atoms with E-state index in [4.69, 9.17) is 10.3 Å². The predicted octanol–water partition coefficient (Wildman–Crippen LogP) is 2.55. The van der Waals surface area contributed by atoms with Gasteiger partial charge in [-0.25, -0.2) is 0 Å². The van der Waals surface area contributed by atoms with E-state index in [1.807, 2.05) is 0 Å². The maximum atomic E-state index is 12.0.